The standard InChI is InChI=1S/C14H18ClN3O2S/c1-9-6-7-11(10(2)8-9)12-16-17-13(21(15,19)20)18(12)14(3,4)5/h6-8H,1-5H3. The highest BCUT2D eigenvalue weighted by molar-refractivity contribution is 8.13. The average Bonchev–Trinajstić information content (AvgIpc) is 2.72. The zero-order valence-electron chi connectivity index (χ0n) is 12.7. The molecule has 0 saturated heterocycles. The van der Waals surface area contributed by atoms with Gasteiger partial charge >= 0.3 is 0 Å². The lowest BCUT2D eigenvalue weighted by Crippen LogP contribution is -2.26. The summed E-state index contributed by atoms with van der Waals surface area (Å²) < 4.78 is 25.0. The maximum Gasteiger partial charge on any atom is 0.296 e. The summed E-state index contributed by atoms with van der Waals surface area (Å²) >= 11 is 0. The minimum atomic E-state index is -3.96. The molecule has 0 radical (unpaired) electrons. The fraction of sp³-hybridized carbons (Fsp3) is 0.429. The molecular formula is C14H18ClN3O2S. The molecule has 0 spiro atoms. The van der Waals surface area contributed by atoms with Crippen molar-refractivity contribution in [2.45, 2.75) is 45.3 Å². The Morgan fingerprint density at radius 3 is 2.24 bits per heavy atom. The van der Waals surface area contributed by atoms with Crippen molar-refractivity contribution in [2.24, 2.45) is 0 Å². The Hall–Kier alpha value is -1.40. The van der Waals surface area contributed by atoms with Gasteiger partial charge in [-0.15, -0.1) is 10.2 Å². The van der Waals surface area contributed by atoms with Crippen LogP contribution in [0.5, 0.6) is 0 Å². The van der Waals surface area contributed by atoms with Crippen LogP contribution in [-0.2, 0) is 14.6 Å². The molecule has 0 N–H and O–H groups in total. The van der Waals surface area contributed by atoms with E-state index in [0.717, 1.165) is 16.7 Å². The van der Waals surface area contributed by atoms with Crippen molar-refractivity contribution in [2.75, 3.05) is 0 Å². The predicted octanol–water partition coefficient (Wildman–Crippen LogP) is 3.24. The van der Waals surface area contributed by atoms with E-state index in [1.165, 1.54) is 0 Å². The summed E-state index contributed by atoms with van der Waals surface area (Å²) in [4.78, 5) is 0. The molecule has 0 atom stereocenters. The van der Waals surface area contributed by atoms with Crippen LogP contribution in [0, 0.1) is 13.8 Å². The van der Waals surface area contributed by atoms with Crippen molar-refractivity contribution in [3.63, 3.8) is 0 Å². The summed E-state index contributed by atoms with van der Waals surface area (Å²) in [5.41, 5.74) is 2.46. The first-order chi connectivity index (χ1) is 9.51. The van der Waals surface area contributed by atoms with E-state index in [4.69, 9.17) is 10.7 Å². The molecule has 0 fully saturated rings. The van der Waals surface area contributed by atoms with Crippen LogP contribution in [0.15, 0.2) is 23.4 Å². The average molecular weight is 328 g/mol. The van der Waals surface area contributed by atoms with Crippen LogP contribution in [0.1, 0.15) is 31.9 Å². The molecular weight excluding hydrogens is 310 g/mol. The molecule has 1 heterocycles. The largest absolute Gasteiger partial charge is 0.296 e. The fourth-order valence-electron chi connectivity index (χ4n) is 2.27. The molecule has 0 aliphatic rings. The van der Waals surface area contributed by atoms with E-state index in [0.29, 0.717) is 5.82 Å². The van der Waals surface area contributed by atoms with Gasteiger partial charge in [0, 0.05) is 21.8 Å². The van der Waals surface area contributed by atoms with Crippen molar-refractivity contribution in [3.8, 4) is 11.4 Å². The summed E-state index contributed by atoms with van der Waals surface area (Å²) in [7, 11) is 1.52. The summed E-state index contributed by atoms with van der Waals surface area (Å²) in [6.07, 6.45) is 0. The molecule has 0 aliphatic heterocycles. The van der Waals surface area contributed by atoms with Crippen LogP contribution in [-0.4, -0.2) is 23.2 Å². The first-order valence-corrected chi connectivity index (χ1v) is 8.81. The highest BCUT2D eigenvalue weighted by Gasteiger charge is 2.30. The highest BCUT2D eigenvalue weighted by atomic mass is 35.7. The van der Waals surface area contributed by atoms with Gasteiger partial charge in [0.25, 0.3) is 14.2 Å². The second-order valence-electron chi connectivity index (χ2n) is 6.07. The van der Waals surface area contributed by atoms with Crippen molar-refractivity contribution < 1.29 is 8.42 Å². The third-order valence-corrected chi connectivity index (χ3v) is 4.26. The number of hydrogen-bond acceptors (Lipinski definition) is 4. The summed E-state index contributed by atoms with van der Waals surface area (Å²) in [5.74, 6) is 0.499. The highest BCUT2D eigenvalue weighted by Crippen LogP contribution is 2.31. The summed E-state index contributed by atoms with van der Waals surface area (Å²) in [6.45, 7) is 9.61. The molecule has 2 rings (SSSR count). The monoisotopic (exact) mass is 327 g/mol. The molecule has 5 nitrogen and oxygen atoms in total. The zero-order chi connectivity index (χ0) is 16.0. The van der Waals surface area contributed by atoms with Crippen LogP contribution in [0.4, 0.5) is 0 Å². The first-order valence-electron chi connectivity index (χ1n) is 6.50. The molecule has 7 heteroatoms. The van der Waals surface area contributed by atoms with E-state index < -0.39 is 14.6 Å². The van der Waals surface area contributed by atoms with E-state index in [1.54, 1.807) is 4.57 Å². The van der Waals surface area contributed by atoms with E-state index in [1.807, 2.05) is 52.8 Å². The minimum Gasteiger partial charge on any atom is -0.291 e. The lowest BCUT2D eigenvalue weighted by molar-refractivity contribution is 0.367. The predicted molar refractivity (Wildman–Crippen MR) is 83.0 cm³/mol. The van der Waals surface area contributed by atoms with Crippen molar-refractivity contribution in [1.29, 1.82) is 0 Å². The maximum atomic E-state index is 11.7. The van der Waals surface area contributed by atoms with Gasteiger partial charge in [-0.1, -0.05) is 23.8 Å². The van der Waals surface area contributed by atoms with Gasteiger partial charge < -0.3 is 0 Å². The van der Waals surface area contributed by atoms with E-state index >= 15 is 0 Å². The number of nitrogens with zero attached hydrogens (tertiary/aromatic N) is 3. The Labute approximate surface area is 129 Å². The molecule has 0 unspecified atom stereocenters. The molecule has 114 valence electrons. The van der Waals surface area contributed by atoms with Gasteiger partial charge in [-0.3, -0.25) is 4.57 Å². The van der Waals surface area contributed by atoms with Crippen LogP contribution in [0.2, 0.25) is 0 Å². The van der Waals surface area contributed by atoms with Gasteiger partial charge in [-0.25, -0.2) is 8.42 Å². The van der Waals surface area contributed by atoms with Gasteiger partial charge in [0.15, 0.2) is 5.82 Å². The van der Waals surface area contributed by atoms with Crippen LogP contribution < -0.4 is 0 Å². The number of hydrogen-bond donors (Lipinski definition) is 0. The second kappa shape index (κ2) is 5.10. The molecule has 0 amide bonds. The van der Waals surface area contributed by atoms with Crippen LogP contribution in [0.25, 0.3) is 11.4 Å². The SMILES string of the molecule is Cc1ccc(-c2nnc(S(=O)(=O)Cl)n2C(C)(C)C)c(C)c1. The van der Waals surface area contributed by atoms with E-state index in [2.05, 4.69) is 10.2 Å². The quantitative estimate of drug-likeness (QED) is 0.794. The molecule has 21 heavy (non-hydrogen) atoms. The number of aromatic nitrogens is 3. The Kier molecular flexibility index (Phi) is 3.88. The topological polar surface area (TPSA) is 64.8 Å². The smallest absolute Gasteiger partial charge is 0.291 e. The Morgan fingerprint density at radius 2 is 1.76 bits per heavy atom. The Balaban J connectivity index is 2.80. The molecule has 0 bridgehead atoms. The van der Waals surface area contributed by atoms with Gasteiger partial charge in [0.2, 0.25) is 0 Å². The first kappa shape index (κ1) is 16.0. The lowest BCUT2D eigenvalue weighted by atomic mass is 10.0. The fourth-order valence-corrected chi connectivity index (χ4v) is 3.29. The van der Waals surface area contributed by atoms with E-state index in [9.17, 15) is 8.42 Å². The normalized spacial score (nSPS) is 12.7. The number of aryl methyl sites for hydroxylation is 2. The molecule has 2 aromatic rings. The van der Waals surface area contributed by atoms with Gasteiger partial charge in [0.05, 0.1) is 0 Å². The van der Waals surface area contributed by atoms with Crippen molar-refractivity contribution >= 4 is 19.7 Å². The lowest BCUT2D eigenvalue weighted by Gasteiger charge is -2.24. The van der Waals surface area contributed by atoms with Crippen LogP contribution in [0.3, 0.4) is 0 Å². The molecule has 1 aromatic carbocycles. The number of benzene rings is 1. The Bertz CT molecular complexity index is 789. The maximum absolute atomic E-state index is 11.7. The second-order valence-corrected chi connectivity index (χ2v) is 8.53. The number of halogens is 1. The summed E-state index contributed by atoms with van der Waals surface area (Å²) in [5, 5.41) is 7.62. The molecule has 0 saturated carbocycles. The van der Waals surface area contributed by atoms with Crippen molar-refractivity contribution in [1.82, 2.24) is 14.8 Å². The minimum absolute atomic E-state index is 0.230. The zero-order valence-corrected chi connectivity index (χ0v) is 14.2. The Morgan fingerprint density at radius 1 is 1.14 bits per heavy atom. The van der Waals surface area contributed by atoms with E-state index in [-0.39, 0.29) is 5.16 Å². The third-order valence-electron chi connectivity index (χ3n) is 3.15. The van der Waals surface area contributed by atoms with Gasteiger partial charge in [-0.05, 0) is 40.2 Å². The molecule has 0 aliphatic carbocycles. The summed E-state index contributed by atoms with van der Waals surface area (Å²) in [6, 6.07) is 5.90. The van der Waals surface area contributed by atoms with Gasteiger partial charge in [-0.2, -0.15) is 0 Å². The van der Waals surface area contributed by atoms with Crippen LogP contribution >= 0.6 is 10.7 Å². The number of rotatable bonds is 2. The third kappa shape index (κ3) is 3.11. The molecule has 1 aromatic heterocycles. The van der Waals surface area contributed by atoms with Crippen molar-refractivity contribution in [3.05, 3.63) is 29.3 Å². The van der Waals surface area contributed by atoms with Gasteiger partial charge in [0.1, 0.15) is 0 Å².